The third-order valence-electron chi connectivity index (χ3n) is 3.14. The van der Waals surface area contributed by atoms with Gasteiger partial charge < -0.3 is 5.32 Å². The van der Waals surface area contributed by atoms with Crippen LogP contribution in [0.3, 0.4) is 0 Å². The summed E-state index contributed by atoms with van der Waals surface area (Å²) in [5, 5.41) is 3.75. The lowest BCUT2D eigenvalue weighted by molar-refractivity contribution is -0.116. The summed E-state index contributed by atoms with van der Waals surface area (Å²) in [6.45, 7) is -0.270. The van der Waals surface area contributed by atoms with E-state index < -0.39 is 15.9 Å². The first kappa shape index (κ1) is 18.4. The lowest BCUT2D eigenvalue weighted by Gasteiger charge is -2.14. The number of rotatable bonds is 6. The number of likely N-dealkylation sites (N-methyl/N-ethyl adjacent to an activating group) is 1. The maximum absolute atomic E-state index is 12.2. The Labute approximate surface area is 150 Å². The largest absolute Gasteiger partial charge is 0.325 e. The molecule has 0 fully saturated rings. The Balaban J connectivity index is 1.98. The molecule has 0 aliphatic rings. The molecule has 126 valence electrons. The predicted molar refractivity (Wildman–Crippen MR) is 99.8 cm³/mol. The van der Waals surface area contributed by atoms with Crippen LogP contribution in [0.4, 0.5) is 5.69 Å². The maximum Gasteiger partial charge on any atom is 0.239 e. The van der Waals surface area contributed by atoms with Crippen LogP contribution in [-0.4, -0.2) is 32.2 Å². The molecule has 7 heteroatoms. The zero-order chi connectivity index (χ0) is 17.6. The number of amides is 1. The van der Waals surface area contributed by atoms with E-state index in [1.54, 1.807) is 30.3 Å². The average molecular weight is 409 g/mol. The fourth-order valence-electron chi connectivity index (χ4n) is 1.89. The summed E-state index contributed by atoms with van der Waals surface area (Å²) in [4.78, 5) is 12.0. The minimum absolute atomic E-state index is 0.270. The minimum atomic E-state index is -3.67. The fourth-order valence-corrected chi connectivity index (χ4v) is 3.12. The summed E-state index contributed by atoms with van der Waals surface area (Å²) in [5.74, 6) is -0.410. The number of carbonyl (C=O) groups excluding carboxylic acids is 1. The van der Waals surface area contributed by atoms with Crippen molar-refractivity contribution in [3.8, 4) is 0 Å². The molecule has 0 heterocycles. The number of sulfonamides is 1. The van der Waals surface area contributed by atoms with Crippen LogP contribution in [0.15, 0.2) is 64.5 Å². The Morgan fingerprint density at radius 2 is 1.88 bits per heavy atom. The van der Waals surface area contributed by atoms with E-state index in [0.29, 0.717) is 5.69 Å². The molecule has 5 nitrogen and oxygen atoms in total. The van der Waals surface area contributed by atoms with Crippen LogP contribution in [0.1, 0.15) is 5.56 Å². The highest BCUT2D eigenvalue weighted by Crippen LogP contribution is 2.15. The van der Waals surface area contributed by atoms with Crippen molar-refractivity contribution >= 4 is 43.6 Å². The van der Waals surface area contributed by atoms with E-state index in [2.05, 4.69) is 21.2 Å². The normalized spacial score (nSPS) is 11.8. The Morgan fingerprint density at radius 3 is 2.54 bits per heavy atom. The molecule has 0 unspecified atom stereocenters. The number of nitrogens with zero attached hydrogens (tertiary/aromatic N) is 1. The Hall–Kier alpha value is -1.96. The second kappa shape index (κ2) is 8.23. The Morgan fingerprint density at radius 1 is 1.17 bits per heavy atom. The molecule has 2 aromatic rings. The van der Waals surface area contributed by atoms with Crippen LogP contribution in [0.5, 0.6) is 0 Å². The van der Waals surface area contributed by atoms with Gasteiger partial charge in [0.25, 0.3) is 0 Å². The van der Waals surface area contributed by atoms with Gasteiger partial charge >= 0.3 is 0 Å². The summed E-state index contributed by atoms with van der Waals surface area (Å²) >= 11 is 3.31. The second-order valence-electron chi connectivity index (χ2n) is 5.07. The quantitative estimate of drug-likeness (QED) is 0.796. The predicted octanol–water partition coefficient (Wildman–Crippen LogP) is 3.32. The molecule has 24 heavy (non-hydrogen) atoms. The highest BCUT2D eigenvalue weighted by molar-refractivity contribution is 9.10. The number of carbonyl (C=O) groups is 1. The Kier molecular flexibility index (Phi) is 6.30. The van der Waals surface area contributed by atoms with Gasteiger partial charge in [0.15, 0.2) is 0 Å². The number of benzene rings is 2. The number of hydrogen-bond acceptors (Lipinski definition) is 3. The summed E-state index contributed by atoms with van der Waals surface area (Å²) in [6, 6.07) is 16.2. The molecule has 0 atom stereocenters. The lowest BCUT2D eigenvalue weighted by Crippen LogP contribution is -2.33. The van der Waals surface area contributed by atoms with Gasteiger partial charge in [-0.3, -0.25) is 4.79 Å². The van der Waals surface area contributed by atoms with Crippen LogP contribution < -0.4 is 5.32 Å². The van der Waals surface area contributed by atoms with Gasteiger partial charge in [0.05, 0.1) is 6.54 Å². The molecular formula is C17H17BrN2O3S. The summed E-state index contributed by atoms with van der Waals surface area (Å²) < 4.78 is 26.2. The van der Waals surface area contributed by atoms with E-state index in [1.807, 2.05) is 24.3 Å². The van der Waals surface area contributed by atoms with Crippen molar-refractivity contribution in [3.05, 3.63) is 70.0 Å². The van der Waals surface area contributed by atoms with Crippen molar-refractivity contribution in [2.45, 2.75) is 0 Å². The summed E-state index contributed by atoms with van der Waals surface area (Å²) in [5.41, 5.74) is 1.37. The molecule has 0 saturated heterocycles. The smallest absolute Gasteiger partial charge is 0.239 e. The topological polar surface area (TPSA) is 66.5 Å². The van der Waals surface area contributed by atoms with Crippen molar-refractivity contribution in [1.29, 1.82) is 0 Å². The van der Waals surface area contributed by atoms with Crippen molar-refractivity contribution in [3.63, 3.8) is 0 Å². The number of halogens is 1. The molecule has 0 saturated carbocycles. The van der Waals surface area contributed by atoms with Crippen LogP contribution in [0.2, 0.25) is 0 Å². The van der Waals surface area contributed by atoms with Crippen molar-refractivity contribution in [2.75, 3.05) is 18.9 Å². The molecule has 2 rings (SSSR count). The van der Waals surface area contributed by atoms with Crippen LogP contribution in [-0.2, 0) is 14.8 Å². The highest BCUT2D eigenvalue weighted by atomic mass is 79.9. The molecule has 0 radical (unpaired) electrons. The van der Waals surface area contributed by atoms with Gasteiger partial charge in [0.2, 0.25) is 15.9 Å². The second-order valence-corrected chi connectivity index (χ2v) is 7.91. The molecule has 1 amide bonds. The molecule has 0 bridgehead atoms. The third-order valence-corrected chi connectivity index (χ3v) is 5.11. The van der Waals surface area contributed by atoms with Crippen molar-refractivity contribution in [1.82, 2.24) is 4.31 Å². The third kappa shape index (κ3) is 5.59. The molecule has 1 N–H and O–H groups in total. The maximum atomic E-state index is 12.2. The molecule has 0 aromatic heterocycles. The molecule has 0 aliphatic heterocycles. The van der Waals surface area contributed by atoms with Gasteiger partial charge in [-0.05, 0) is 29.8 Å². The number of nitrogens with one attached hydrogen (secondary N) is 1. The first-order valence-corrected chi connectivity index (χ1v) is 9.41. The van der Waals surface area contributed by atoms with Crippen LogP contribution in [0.25, 0.3) is 6.08 Å². The Bertz CT molecular complexity index is 836. The fraction of sp³-hybridized carbons (Fsp3) is 0.118. The van der Waals surface area contributed by atoms with Gasteiger partial charge in [-0.25, -0.2) is 8.42 Å². The van der Waals surface area contributed by atoms with Crippen LogP contribution in [0, 0.1) is 0 Å². The number of anilines is 1. The van der Waals surface area contributed by atoms with Gasteiger partial charge in [-0.2, -0.15) is 4.31 Å². The summed E-state index contributed by atoms with van der Waals surface area (Å²) in [7, 11) is -2.31. The van der Waals surface area contributed by atoms with E-state index in [9.17, 15) is 13.2 Å². The monoisotopic (exact) mass is 408 g/mol. The minimum Gasteiger partial charge on any atom is -0.325 e. The van der Waals surface area contributed by atoms with E-state index in [4.69, 9.17) is 0 Å². The molecule has 2 aromatic carbocycles. The molecule has 0 spiro atoms. The molecule has 0 aliphatic carbocycles. The molecular weight excluding hydrogens is 392 g/mol. The first-order valence-electron chi connectivity index (χ1n) is 7.12. The van der Waals surface area contributed by atoms with E-state index in [1.165, 1.54) is 13.1 Å². The van der Waals surface area contributed by atoms with Crippen molar-refractivity contribution < 1.29 is 13.2 Å². The van der Waals surface area contributed by atoms with Gasteiger partial charge in [0, 0.05) is 22.6 Å². The van der Waals surface area contributed by atoms with Gasteiger partial charge in [0.1, 0.15) is 0 Å². The van der Waals surface area contributed by atoms with Crippen molar-refractivity contribution in [2.24, 2.45) is 0 Å². The standard InChI is InChI=1S/C17H17BrN2O3S/c1-20(13-17(21)19-16-9-5-8-15(18)12-16)24(22,23)11-10-14-6-3-2-4-7-14/h2-12H,13H2,1H3,(H,19,21). The van der Waals surface area contributed by atoms with E-state index >= 15 is 0 Å². The SMILES string of the molecule is CN(CC(=O)Nc1cccc(Br)c1)S(=O)(=O)C=Cc1ccccc1. The summed E-state index contributed by atoms with van der Waals surface area (Å²) in [6.07, 6.45) is 1.50. The van der Waals surface area contributed by atoms with E-state index in [-0.39, 0.29) is 6.54 Å². The lowest BCUT2D eigenvalue weighted by atomic mass is 10.2. The van der Waals surface area contributed by atoms with Gasteiger partial charge in [-0.1, -0.05) is 52.3 Å². The highest BCUT2D eigenvalue weighted by Gasteiger charge is 2.17. The zero-order valence-corrected chi connectivity index (χ0v) is 15.4. The average Bonchev–Trinajstić information content (AvgIpc) is 2.54. The van der Waals surface area contributed by atoms with E-state index in [0.717, 1.165) is 19.7 Å². The van der Waals surface area contributed by atoms with Crippen LogP contribution >= 0.6 is 15.9 Å². The number of hydrogen-bond donors (Lipinski definition) is 1. The first-order chi connectivity index (χ1) is 11.4. The van der Waals surface area contributed by atoms with Gasteiger partial charge in [-0.15, -0.1) is 0 Å². The zero-order valence-electron chi connectivity index (χ0n) is 13.0.